The van der Waals surface area contributed by atoms with Gasteiger partial charge in [-0.25, -0.2) is 0 Å². The lowest BCUT2D eigenvalue weighted by atomic mass is 9.67. The van der Waals surface area contributed by atoms with Crippen molar-refractivity contribution >= 4 is 44.6 Å². The number of thiophene rings is 2. The molecule has 0 nitrogen and oxygen atoms in total. The van der Waals surface area contributed by atoms with Crippen molar-refractivity contribution in [2.75, 3.05) is 0 Å². The lowest BCUT2D eigenvalue weighted by Gasteiger charge is -2.37. The van der Waals surface area contributed by atoms with Gasteiger partial charge >= 0.3 is 0 Å². The Morgan fingerprint density at radius 1 is 0.783 bits per heavy atom. The molecule has 0 saturated heterocycles. The van der Waals surface area contributed by atoms with Crippen molar-refractivity contribution < 1.29 is 0 Å². The Labute approximate surface area is 141 Å². The summed E-state index contributed by atoms with van der Waals surface area (Å²) in [5.74, 6) is 0.500. The molecule has 106 valence electrons. The Morgan fingerprint density at radius 3 is 2.70 bits per heavy atom. The molecule has 4 aromatic rings. The Kier molecular flexibility index (Phi) is 1.73. The molecule has 0 saturated carbocycles. The Bertz CT molecular complexity index is 1220. The molecule has 2 heterocycles. The van der Waals surface area contributed by atoms with E-state index in [9.17, 15) is 0 Å². The summed E-state index contributed by atoms with van der Waals surface area (Å²) in [7, 11) is 0. The largest absolute Gasteiger partial charge is 0.147 e. The van der Waals surface area contributed by atoms with Gasteiger partial charge in [0.15, 0.2) is 0 Å². The van der Waals surface area contributed by atoms with Gasteiger partial charge < -0.3 is 0 Å². The zero-order valence-corrected chi connectivity index (χ0v) is 13.7. The van der Waals surface area contributed by atoms with E-state index >= 15 is 0 Å². The van der Waals surface area contributed by atoms with Crippen LogP contribution in [0.4, 0.5) is 0 Å². The fourth-order valence-electron chi connectivity index (χ4n) is 4.77. The van der Waals surface area contributed by atoms with E-state index in [0.29, 0.717) is 5.92 Å². The van der Waals surface area contributed by atoms with Gasteiger partial charge in [0.1, 0.15) is 0 Å². The average molecular weight is 326 g/mol. The molecule has 0 N–H and O–H groups in total. The third kappa shape index (κ3) is 1.07. The minimum atomic E-state index is 0.500. The number of benzene rings is 2. The molecule has 0 fully saturated rings. The lowest BCUT2D eigenvalue weighted by molar-refractivity contribution is 1.02. The third-order valence-corrected chi connectivity index (χ3v) is 7.54. The molecule has 2 aromatic carbocycles. The molecule has 2 aromatic heterocycles. The van der Waals surface area contributed by atoms with Gasteiger partial charge in [0.05, 0.1) is 0 Å². The average Bonchev–Trinajstić information content (AvgIpc) is 3.25. The molecule has 1 atom stereocenters. The number of fused-ring (bicyclic) bond motifs is 8. The number of hydrogen-bond donors (Lipinski definition) is 0. The molecule has 3 aliphatic carbocycles. The molecule has 0 spiro atoms. The maximum atomic E-state index is 2.35. The molecule has 7 rings (SSSR count). The standard InChI is InChI=1S/C21H10S2/c1-2-10-4-5-11-12-6-8-22-20(12)19-16(11)15(10)13(3-1)18-17(19)14-7-9-23-21(14)18/h1-9,18H. The summed E-state index contributed by atoms with van der Waals surface area (Å²) >= 11 is 3.82. The van der Waals surface area contributed by atoms with Crippen molar-refractivity contribution in [3.8, 4) is 11.1 Å². The van der Waals surface area contributed by atoms with Crippen LogP contribution in [0.3, 0.4) is 0 Å². The summed E-state index contributed by atoms with van der Waals surface area (Å²) in [6, 6.07) is 16.1. The summed E-state index contributed by atoms with van der Waals surface area (Å²) in [6.45, 7) is 0. The highest BCUT2D eigenvalue weighted by atomic mass is 32.1. The van der Waals surface area contributed by atoms with Gasteiger partial charge in [-0.1, -0.05) is 30.3 Å². The lowest BCUT2D eigenvalue weighted by Crippen LogP contribution is -2.19. The van der Waals surface area contributed by atoms with Crippen LogP contribution in [-0.4, -0.2) is 0 Å². The van der Waals surface area contributed by atoms with E-state index in [-0.39, 0.29) is 0 Å². The number of hydrogen-bond acceptors (Lipinski definition) is 2. The van der Waals surface area contributed by atoms with Crippen LogP contribution < -0.4 is 0 Å². The van der Waals surface area contributed by atoms with Gasteiger partial charge in [0.25, 0.3) is 0 Å². The van der Waals surface area contributed by atoms with Gasteiger partial charge in [-0.2, -0.15) is 0 Å². The Hall–Kier alpha value is -2.16. The van der Waals surface area contributed by atoms with E-state index in [0.717, 1.165) is 0 Å². The SMILES string of the molecule is c1cc2c3c4c(ccc3c1)-c1ccsc1C4=C1c3ccsc3C12. The summed E-state index contributed by atoms with van der Waals surface area (Å²) in [5.41, 5.74) is 10.5. The maximum Gasteiger partial charge on any atom is 0.0459 e. The van der Waals surface area contributed by atoms with Crippen LogP contribution in [0.2, 0.25) is 0 Å². The van der Waals surface area contributed by atoms with E-state index in [1.165, 1.54) is 49.0 Å². The summed E-state index contributed by atoms with van der Waals surface area (Å²) in [6.07, 6.45) is 0. The van der Waals surface area contributed by atoms with Crippen LogP contribution in [0.15, 0.2) is 53.2 Å². The highest BCUT2D eigenvalue weighted by Crippen LogP contribution is 2.65. The number of rotatable bonds is 0. The van der Waals surface area contributed by atoms with Crippen LogP contribution in [0, 0.1) is 0 Å². The van der Waals surface area contributed by atoms with E-state index in [1.54, 1.807) is 10.5 Å². The maximum absolute atomic E-state index is 2.35. The van der Waals surface area contributed by atoms with Crippen LogP contribution in [-0.2, 0) is 0 Å². The van der Waals surface area contributed by atoms with E-state index in [2.05, 4.69) is 53.2 Å². The minimum absolute atomic E-state index is 0.500. The zero-order chi connectivity index (χ0) is 14.7. The predicted molar refractivity (Wildman–Crippen MR) is 99.3 cm³/mol. The molecule has 0 aliphatic heterocycles. The van der Waals surface area contributed by atoms with E-state index in [4.69, 9.17) is 0 Å². The second-order valence-electron chi connectivity index (χ2n) is 6.52. The molecular weight excluding hydrogens is 316 g/mol. The van der Waals surface area contributed by atoms with Gasteiger partial charge in [-0.05, 0) is 61.5 Å². The normalized spacial score (nSPS) is 18.7. The highest BCUT2D eigenvalue weighted by molar-refractivity contribution is 7.12. The first-order valence-electron chi connectivity index (χ1n) is 7.89. The molecule has 23 heavy (non-hydrogen) atoms. The van der Waals surface area contributed by atoms with Crippen LogP contribution in [0.1, 0.15) is 32.4 Å². The fourth-order valence-corrected chi connectivity index (χ4v) is 6.78. The third-order valence-electron chi connectivity index (χ3n) is 5.63. The quantitative estimate of drug-likeness (QED) is 0.310. The molecule has 1 unspecified atom stereocenters. The van der Waals surface area contributed by atoms with Crippen molar-refractivity contribution in [2.24, 2.45) is 0 Å². The van der Waals surface area contributed by atoms with Crippen molar-refractivity contribution in [2.45, 2.75) is 5.92 Å². The molecule has 0 amide bonds. The summed E-state index contributed by atoms with van der Waals surface area (Å²) < 4.78 is 0. The van der Waals surface area contributed by atoms with Crippen LogP contribution in [0.5, 0.6) is 0 Å². The van der Waals surface area contributed by atoms with Crippen molar-refractivity contribution in [1.29, 1.82) is 0 Å². The van der Waals surface area contributed by atoms with Gasteiger partial charge in [-0.3, -0.25) is 0 Å². The Morgan fingerprint density at radius 2 is 1.70 bits per heavy atom. The van der Waals surface area contributed by atoms with Crippen molar-refractivity contribution in [3.05, 3.63) is 79.7 Å². The minimum Gasteiger partial charge on any atom is -0.147 e. The summed E-state index contributed by atoms with van der Waals surface area (Å²) in [5, 5.41) is 7.38. The van der Waals surface area contributed by atoms with Gasteiger partial charge in [-0.15, -0.1) is 22.7 Å². The second-order valence-corrected chi connectivity index (χ2v) is 8.38. The van der Waals surface area contributed by atoms with Crippen molar-refractivity contribution in [3.63, 3.8) is 0 Å². The van der Waals surface area contributed by atoms with Crippen LogP contribution in [0.25, 0.3) is 33.0 Å². The summed E-state index contributed by atoms with van der Waals surface area (Å²) in [4.78, 5) is 3.04. The van der Waals surface area contributed by atoms with E-state index < -0.39 is 0 Å². The predicted octanol–water partition coefficient (Wildman–Crippen LogP) is 6.36. The van der Waals surface area contributed by atoms with Crippen molar-refractivity contribution in [1.82, 2.24) is 0 Å². The Balaban J connectivity index is 1.80. The first-order chi connectivity index (χ1) is 11.4. The van der Waals surface area contributed by atoms with E-state index in [1.807, 2.05) is 22.7 Å². The first-order valence-corrected chi connectivity index (χ1v) is 9.65. The smallest absolute Gasteiger partial charge is 0.0459 e. The molecule has 2 heteroatoms. The molecule has 0 radical (unpaired) electrons. The highest BCUT2D eigenvalue weighted by Gasteiger charge is 2.44. The monoisotopic (exact) mass is 326 g/mol. The topological polar surface area (TPSA) is 0 Å². The van der Waals surface area contributed by atoms with Gasteiger partial charge in [0.2, 0.25) is 0 Å². The zero-order valence-electron chi connectivity index (χ0n) is 12.1. The molecular formula is C21H10S2. The second kappa shape index (κ2) is 3.50. The molecule has 0 bridgehead atoms. The number of allylic oxidation sites excluding steroid dienone is 1. The van der Waals surface area contributed by atoms with Gasteiger partial charge in [0, 0.05) is 26.8 Å². The van der Waals surface area contributed by atoms with Crippen LogP contribution >= 0.6 is 22.7 Å². The fraction of sp³-hybridized carbons (Fsp3) is 0.0476. The molecule has 3 aliphatic rings. The first kappa shape index (κ1) is 11.4.